The molecule has 18 aromatic rings. The number of pyridine rings is 6. The van der Waals surface area contributed by atoms with E-state index in [9.17, 15) is 18.4 Å². The second-order valence-corrected chi connectivity index (χ2v) is 31.0. The molecule has 0 fully saturated rings. The van der Waals surface area contributed by atoms with Crippen molar-refractivity contribution in [1.29, 1.82) is 0 Å². The minimum absolute atomic E-state index is 0. The Morgan fingerprint density at radius 1 is 0.427 bits per heavy atom. The Labute approximate surface area is 838 Å². The fourth-order valence-electron chi connectivity index (χ4n) is 13.4. The van der Waals surface area contributed by atoms with E-state index in [1.165, 1.54) is 105 Å². The average Bonchev–Trinajstić information content (AvgIpc) is 1.18. The van der Waals surface area contributed by atoms with Crippen molar-refractivity contribution in [2.75, 3.05) is 0 Å². The average molecular weight is 2450 g/mol. The van der Waals surface area contributed by atoms with Crippen molar-refractivity contribution in [3.63, 3.8) is 0 Å². The largest absolute Gasteiger partial charge is 0.512 e. The number of aromatic nitrogens is 6. The molecule has 0 aliphatic rings. The molecule has 0 amide bonds. The van der Waals surface area contributed by atoms with Crippen molar-refractivity contribution in [2.45, 2.75) is 117 Å². The maximum atomic E-state index is 13.5. The van der Waals surface area contributed by atoms with E-state index in [2.05, 4.69) is 117 Å². The number of fused-ring (bicyclic) bond motifs is 7. The van der Waals surface area contributed by atoms with Gasteiger partial charge in [-0.3, -0.25) is 19.0 Å². The van der Waals surface area contributed by atoms with Crippen LogP contribution in [0.15, 0.2) is 320 Å². The van der Waals surface area contributed by atoms with Gasteiger partial charge in [0.2, 0.25) is 0 Å². The third-order valence-corrected chi connectivity index (χ3v) is 19.3. The minimum Gasteiger partial charge on any atom is -0.512 e. The second-order valence-electron chi connectivity index (χ2n) is 31.0. The van der Waals surface area contributed by atoms with Gasteiger partial charge in [-0.15, -0.1) is 184 Å². The molecule has 0 spiro atoms. The molecule has 0 atom stereocenters. The Morgan fingerprint density at radius 2 is 1.02 bits per heavy atom. The van der Waals surface area contributed by atoms with Crippen molar-refractivity contribution >= 4 is 66.0 Å². The number of rotatable bonds is 10. The van der Waals surface area contributed by atoms with Gasteiger partial charge < -0.3 is 39.6 Å². The number of hydrogen-bond acceptors (Lipinski definition) is 11. The minimum atomic E-state index is -2.51. The fraction of sp³-hybridized carbons (Fsp3) is 0.158. The second kappa shape index (κ2) is 50.8. The number of allylic oxidation sites excluding steroid dienone is 4. The zero-order valence-electron chi connectivity index (χ0n) is 85.3. The molecular formula is C114H102F2Ir4N6O5-6. The van der Waals surface area contributed by atoms with Gasteiger partial charge in [0.25, 0.3) is 0 Å². The summed E-state index contributed by atoms with van der Waals surface area (Å²) < 4.78 is 119. The molecule has 18 rings (SSSR count). The number of benzene rings is 11. The van der Waals surface area contributed by atoms with Gasteiger partial charge in [0.15, 0.2) is 11.6 Å². The van der Waals surface area contributed by atoms with E-state index < -0.39 is 32.3 Å². The first kappa shape index (κ1) is 89.4. The van der Waals surface area contributed by atoms with Crippen molar-refractivity contribution in [2.24, 2.45) is 5.41 Å². The molecule has 131 heavy (non-hydrogen) atoms. The fourth-order valence-corrected chi connectivity index (χ4v) is 13.4. The van der Waals surface area contributed by atoms with Gasteiger partial charge in [0.1, 0.15) is 11.4 Å². The Morgan fingerprint density at radius 3 is 1.60 bits per heavy atom. The number of carbonyl (C=O) groups is 2. The van der Waals surface area contributed by atoms with Crippen LogP contribution in [0.5, 0.6) is 0 Å². The van der Waals surface area contributed by atoms with Crippen LogP contribution < -0.4 is 0 Å². The van der Waals surface area contributed by atoms with Crippen molar-refractivity contribution in [3.05, 3.63) is 419 Å². The molecule has 11 aromatic carbocycles. The smallest absolute Gasteiger partial charge is 0.155 e. The van der Waals surface area contributed by atoms with Crippen molar-refractivity contribution in [1.82, 2.24) is 29.9 Å². The summed E-state index contributed by atoms with van der Waals surface area (Å²) in [5.74, 6) is -0.552. The molecule has 0 bridgehead atoms. The first-order chi connectivity index (χ1) is 65.3. The summed E-state index contributed by atoms with van der Waals surface area (Å²) in [6.07, 6.45) is 8.63. The third-order valence-electron chi connectivity index (χ3n) is 19.3. The van der Waals surface area contributed by atoms with E-state index in [-0.39, 0.29) is 137 Å². The number of halogens is 2. The first-order valence-corrected chi connectivity index (χ1v) is 40.8. The number of aliphatic hydroxyl groups excluding tert-OH is 2. The van der Waals surface area contributed by atoms with Crippen LogP contribution in [-0.2, 0) is 96.4 Å². The number of furan rings is 1. The Hall–Kier alpha value is -12.2. The molecule has 7 aromatic heterocycles. The molecule has 2 N–H and O–H groups in total. The van der Waals surface area contributed by atoms with Gasteiger partial charge in [-0.25, -0.2) is 4.39 Å². The predicted octanol–water partition coefficient (Wildman–Crippen LogP) is 29.0. The summed E-state index contributed by atoms with van der Waals surface area (Å²) in [7, 11) is 0. The Kier molecular flexibility index (Phi) is 34.7. The van der Waals surface area contributed by atoms with Crippen LogP contribution in [-0.4, -0.2) is 51.7 Å². The molecule has 17 heteroatoms. The standard InChI is InChI=1S/C27H24NO.C18H15FN.C18H14N.C16H11FN.C14H14N.C11H8N.2C5H8O2.4Ir/c1-17-14-24(28-16-19(17)15-27(2,3)4)23-11-7-10-21-22-13-12-18-8-5-6-9-20(18)25(22)29-26(21)23;1-11-6-12(2)8-15(7-11)17-5-4-14-10-16(19)13(3)9-18(14)20-17;1-14-12-18(16-10-6-3-7-11-16)19-13-17(14)15-8-4-2-5-9-15;1-11-10-13(6-7-15(11)17)16-14-5-3-2-4-12(14)8-9-18-16;1-10-4-6-13(7-5-10)14-8-11(2)12(3)9-15-14;1-2-6-10(7-3-1)11-8-4-5-9-12-11;2*1-4(6)3-5(2)7;;;;/h5-10,12-14,16H,15H2,1-4H3;4-7,9-10H,1-3H3;2-10,12-13H,1H3;2-5,7-10H,1H3;4-6,8-9H,1-3H3;1-6,8-9H;2*3,6H,1-2H3;;;;/q6*-1;;;;;;/i1D3,15D2;;;;1D3,3D3;;;;;;;. The molecule has 0 saturated carbocycles. The molecule has 0 aliphatic heterocycles. The molecule has 0 saturated heterocycles. The SMILES string of the molecule is CC(=O)C=C(C)O.CC(=O)C=C(C)O.Cc1[c-]c(-c2ccc3cc(F)c(C)cc3n2)cc(C)c1.Cc1cc(-c2[c-]cccc2)ncc1-c1ccccc1.Cc1cc(-c2nccc3ccccc23)[c-]cc1F.[2H]C([2H])([2H])c1c[c-]c(-c2cc(C)c(C([2H])([2H])[2H])cn2)cc1.[2H]C([2H])([2H])c1cc(-c2[c-]ccc3c2oc2c4ccccc4ccc32)ncc1C([2H])([2H])C(C)(C)C.[Ir].[Ir].[Ir].[Ir].[c-]1ccccc1-c1ccccn1. The Balaban J connectivity index is 0.000000228. The monoisotopic (exact) mass is 2460 g/mol. The molecule has 11 nitrogen and oxygen atoms in total. The van der Waals surface area contributed by atoms with Gasteiger partial charge in [-0.2, -0.15) is 0 Å². The van der Waals surface area contributed by atoms with E-state index >= 15 is 0 Å². The summed E-state index contributed by atoms with van der Waals surface area (Å²) in [6, 6.07) is 101. The Bertz CT molecular complexity index is 7300. The zero-order chi connectivity index (χ0) is 100. The van der Waals surface area contributed by atoms with Gasteiger partial charge in [-0.05, 0) is 176 Å². The van der Waals surface area contributed by atoms with Crippen molar-refractivity contribution in [3.8, 4) is 78.7 Å². The summed E-state index contributed by atoms with van der Waals surface area (Å²) in [4.78, 5) is 46.5. The van der Waals surface area contributed by atoms with Crippen LogP contribution in [0.4, 0.5) is 8.78 Å². The third kappa shape index (κ3) is 30.7. The van der Waals surface area contributed by atoms with Gasteiger partial charge >= 0.3 is 0 Å². The molecule has 0 aliphatic carbocycles. The van der Waals surface area contributed by atoms with Crippen LogP contribution in [0.2, 0.25) is 0 Å². The van der Waals surface area contributed by atoms with E-state index in [0.717, 1.165) is 99.4 Å². The van der Waals surface area contributed by atoms with Crippen LogP contribution in [0.25, 0.3) is 133 Å². The number of nitrogens with zero attached hydrogens (tertiary/aromatic N) is 6. The summed E-state index contributed by atoms with van der Waals surface area (Å²) in [6.45, 7) is 15.5. The van der Waals surface area contributed by atoms with E-state index in [0.29, 0.717) is 44.8 Å². The van der Waals surface area contributed by atoms with Crippen molar-refractivity contribution < 1.29 is 128 Å². The molecule has 0 unspecified atom stereocenters. The summed E-state index contributed by atoms with van der Waals surface area (Å²) in [5, 5.41) is 23.6. The van der Waals surface area contributed by atoms with E-state index in [1.807, 2.05) is 177 Å². The normalized spacial score (nSPS) is 12.3. The molecule has 674 valence electrons. The van der Waals surface area contributed by atoms with Crippen LogP contribution in [0.3, 0.4) is 0 Å². The number of ketones is 2. The maximum absolute atomic E-state index is 13.5. The number of aryl methyl sites for hydroxylation is 9. The molecule has 4 radical (unpaired) electrons. The van der Waals surface area contributed by atoms with Crippen LogP contribution in [0.1, 0.15) is 119 Å². The van der Waals surface area contributed by atoms with Gasteiger partial charge in [0, 0.05) is 166 Å². The quantitative estimate of drug-likeness (QED) is 0.0760. The number of hydrogen-bond donors (Lipinski definition) is 2. The summed E-state index contributed by atoms with van der Waals surface area (Å²) >= 11 is 0. The molecular weight excluding hydrogens is 2340 g/mol. The predicted molar refractivity (Wildman–Crippen MR) is 516 cm³/mol. The summed E-state index contributed by atoms with van der Waals surface area (Å²) in [5.41, 5.74) is 19.2. The molecule has 7 heterocycles. The van der Waals surface area contributed by atoms with E-state index in [1.54, 1.807) is 84.3 Å². The topological polar surface area (TPSA) is 165 Å². The van der Waals surface area contributed by atoms with Crippen LogP contribution >= 0.6 is 0 Å². The zero-order valence-corrected chi connectivity index (χ0v) is 83.8. The van der Waals surface area contributed by atoms with E-state index in [4.69, 9.17) is 29.7 Å². The van der Waals surface area contributed by atoms with Gasteiger partial charge in [-0.1, -0.05) is 209 Å². The van der Waals surface area contributed by atoms with Crippen LogP contribution in [0, 0.1) is 116 Å². The maximum Gasteiger partial charge on any atom is 0.155 e. The number of aliphatic hydroxyl groups is 2. The van der Waals surface area contributed by atoms with Gasteiger partial charge in [0.05, 0.1) is 22.6 Å². The number of carbonyl (C=O) groups excluding carboxylic acids is 2. The first-order valence-electron chi connectivity index (χ1n) is 46.3.